The van der Waals surface area contributed by atoms with E-state index in [0.717, 1.165) is 42.7 Å². The summed E-state index contributed by atoms with van der Waals surface area (Å²) in [6.45, 7) is 21.2. The smallest absolute Gasteiger partial charge is 0.410 e. The molecular weight excluding hydrogens is 862 g/mol. The number of ether oxygens (including phenoxy) is 1. The second kappa shape index (κ2) is 18.1. The summed E-state index contributed by atoms with van der Waals surface area (Å²) in [6, 6.07) is 11.5. The number of amides is 4. The molecule has 6 heterocycles. The maximum atomic E-state index is 15.9. The monoisotopic (exact) mass is 932 g/mol. The first kappa shape index (κ1) is 47.5. The molecule has 9 rings (SSSR count). The van der Waals surface area contributed by atoms with Gasteiger partial charge in [-0.3, -0.25) is 14.4 Å². The molecule has 2 aromatic heterocycles. The fourth-order valence-corrected chi connectivity index (χ4v) is 11.3. The number of carbonyl (C=O) groups is 4. The zero-order valence-electron chi connectivity index (χ0n) is 41.5. The van der Waals surface area contributed by atoms with Crippen molar-refractivity contribution >= 4 is 52.0 Å². The lowest BCUT2D eigenvalue weighted by Gasteiger charge is -2.48. The standard InChI is InChI=1S/C53H70FN9O5/c1-32(2)56-47(64)38-29-42(40(54)25-34(38)5)58-46-45-43(55-31-62(45)33(3)4)30-41(57-46)35-13-14-39-44(26-35)63(37-27-36(28-37)59-19-11-10-12-20-59)49(66)53(39)17-23-60(24-18-53)48(65)52(9)15-21-61(22-16-52)50(67)68-51(6,7)8/h13-14,25-26,29-33,36-37H,10-12,15-24,27-28H2,1-9H3,(H,56,64)(H,57,58). The number of hydrogen-bond acceptors (Lipinski definition) is 9. The molecule has 0 unspecified atom stereocenters. The molecule has 4 aromatic rings. The normalized spacial score (nSPS) is 21.6. The average Bonchev–Trinajstić information content (AvgIpc) is 3.81. The van der Waals surface area contributed by atoms with Crippen molar-refractivity contribution in [1.82, 2.24) is 34.6 Å². The summed E-state index contributed by atoms with van der Waals surface area (Å²) in [7, 11) is 0. The van der Waals surface area contributed by atoms with Crippen LogP contribution in [0.5, 0.6) is 0 Å². The molecule has 68 heavy (non-hydrogen) atoms. The molecule has 2 N–H and O–H groups in total. The lowest BCUT2D eigenvalue weighted by molar-refractivity contribution is -0.147. The van der Waals surface area contributed by atoms with Crippen molar-refractivity contribution in [2.24, 2.45) is 5.41 Å². The van der Waals surface area contributed by atoms with E-state index < -0.39 is 22.2 Å². The zero-order chi connectivity index (χ0) is 48.4. The topological polar surface area (TPSA) is 145 Å². The van der Waals surface area contributed by atoms with E-state index in [1.165, 1.54) is 25.3 Å². The van der Waals surface area contributed by atoms with Crippen LogP contribution in [0.1, 0.15) is 141 Å². The van der Waals surface area contributed by atoms with Crippen LogP contribution in [0.4, 0.5) is 26.4 Å². The summed E-state index contributed by atoms with van der Waals surface area (Å²) in [5.41, 5.74) is 3.72. The maximum Gasteiger partial charge on any atom is 0.410 e. The molecule has 4 aliphatic heterocycles. The Morgan fingerprint density at radius 2 is 1.54 bits per heavy atom. The third kappa shape index (κ3) is 8.83. The highest BCUT2D eigenvalue weighted by Crippen LogP contribution is 2.53. The van der Waals surface area contributed by atoms with E-state index in [0.29, 0.717) is 91.6 Å². The minimum Gasteiger partial charge on any atom is -0.444 e. The molecular formula is C53H70FN9O5. The SMILES string of the molecule is Cc1cc(F)c(Nc2nc(-c3ccc4c(c3)N(C3CC(N5CCCCC5)C3)C(=O)C43CCN(C(=O)C4(C)CCN(C(=O)OC(C)(C)C)CC4)CC3)cc3ncn(C(C)C)c23)cc1C(=O)NC(C)C. The number of hydrogen-bond donors (Lipinski definition) is 2. The number of halogens is 1. The van der Waals surface area contributed by atoms with E-state index >= 15 is 9.18 Å². The van der Waals surface area contributed by atoms with Crippen molar-refractivity contribution in [3.63, 3.8) is 0 Å². The lowest BCUT2D eigenvalue weighted by Crippen LogP contribution is -2.59. The summed E-state index contributed by atoms with van der Waals surface area (Å²) in [6.07, 6.45) is 9.09. The van der Waals surface area contributed by atoms with Crippen molar-refractivity contribution < 1.29 is 28.3 Å². The number of likely N-dealkylation sites (tertiary alicyclic amines) is 3. The number of rotatable bonds is 9. The van der Waals surface area contributed by atoms with Crippen LogP contribution in [0.3, 0.4) is 0 Å². The van der Waals surface area contributed by atoms with E-state index in [-0.39, 0.29) is 47.6 Å². The van der Waals surface area contributed by atoms with Crippen LogP contribution in [0.15, 0.2) is 42.7 Å². The number of benzene rings is 2. The Hall–Kier alpha value is -5.57. The number of anilines is 3. The Morgan fingerprint density at radius 3 is 2.19 bits per heavy atom. The third-order valence-corrected chi connectivity index (χ3v) is 15.3. The first-order chi connectivity index (χ1) is 32.2. The van der Waals surface area contributed by atoms with E-state index in [1.807, 2.05) is 63.1 Å². The van der Waals surface area contributed by atoms with Gasteiger partial charge in [-0.15, -0.1) is 0 Å². The number of aromatic nitrogens is 3. The fraction of sp³-hybridized carbons (Fsp3) is 0.585. The number of aryl methyl sites for hydroxylation is 1. The highest BCUT2D eigenvalue weighted by molar-refractivity contribution is 6.09. The predicted molar refractivity (Wildman–Crippen MR) is 263 cm³/mol. The number of fused-ring (bicyclic) bond motifs is 3. The van der Waals surface area contributed by atoms with Gasteiger partial charge in [0, 0.05) is 72.6 Å². The summed E-state index contributed by atoms with van der Waals surface area (Å²) in [4.78, 5) is 74.0. The number of pyridine rings is 1. The van der Waals surface area contributed by atoms with Crippen LogP contribution >= 0.6 is 0 Å². The first-order valence-corrected chi connectivity index (χ1v) is 25.0. The summed E-state index contributed by atoms with van der Waals surface area (Å²) in [5.74, 6) is -0.193. The number of nitrogens with one attached hydrogen (secondary N) is 2. The Morgan fingerprint density at radius 1 is 0.868 bits per heavy atom. The van der Waals surface area contributed by atoms with Crippen molar-refractivity contribution in [2.45, 2.75) is 155 Å². The minimum absolute atomic E-state index is 0.0252. The van der Waals surface area contributed by atoms with Crippen LogP contribution in [0, 0.1) is 18.2 Å². The molecule has 15 heteroatoms. The van der Waals surface area contributed by atoms with E-state index in [2.05, 4.69) is 46.4 Å². The number of carbonyl (C=O) groups excluding carboxylic acids is 4. The van der Waals surface area contributed by atoms with Gasteiger partial charge in [-0.2, -0.15) is 0 Å². The molecule has 1 spiro atoms. The quantitative estimate of drug-likeness (QED) is 0.168. The Labute approximate surface area is 400 Å². The van der Waals surface area contributed by atoms with Gasteiger partial charge >= 0.3 is 6.09 Å². The second-order valence-electron chi connectivity index (χ2n) is 22.1. The molecule has 4 fully saturated rings. The molecule has 3 saturated heterocycles. The van der Waals surface area contributed by atoms with Gasteiger partial charge in [-0.05, 0) is 155 Å². The Bertz CT molecular complexity index is 2610. The molecule has 364 valence electrons. The maximum absolute atomic E-state index is 15.9. The van der Waals surface area contributed by atoms with Crippen LogP contribution in [-0.2, 0) is 19.7 Å². The van der Waals surface area contributed by atoms with Gasteiger partial charge in [0.1, 0.15) is 16.9 Å². The molecule has 1 aliphatic carbocycles. The zero-order valence-corrected chi connectivity index (χ0v) is 41.5. The van der Waals surface area contributed by atoms with E-state index in [4.69, 9.17) is 14.7 Å². The summed E-state index contributed by atoms with van der Waals surface area (Å²) < 4.78 is 23.5. The Balaban J connectivity index is 1.03. The van der Waals surface area contributed by atoms with Crippen LogP contribution in [-0.4, -0.2) is 116 Å². The second-order valence-corrected chi connectivity index (χ2v) is 22.1. The van der Waals surface area contributed by atoms with Gasteiger partial charge in [0.25, 0.3) is 5.91 Å². The van der Waals surface area contributed by atoms with Crippen molar-refractivity contribution in [2.75, 3.05) is 49.5 Å². The van der Waals surface area contributed by atoms with Gasteiger partial charge in [-0.1, -0.05) is 25.5 Å². The number of imidazole rings is 1. The molecule has 0 bridgehead atoms. The minimum atomic E-state index is -0.773. The molecule has 0 atom stereocenters. The fourth-order valence-electron chi connectivity index (χ4n) is 11.3. The first-order valence-electron chi connectivity index (χ1n) is 25.0. The molecule has 14 nitrogen and oxygen atoms in total. The highest BCUT2D eigenvalue weighted by atomic mass is 19.1. The highest BCUT2D eigenvalue weighted by Gasteiger charge is 2.56. The van der Waals surface area contributed by atoms with Gasteiger partial charge < -0.3 is 39.5 Å². The molecule has 1 saturated carbocycles. The van der Waals surface area contributed by atoms with Crippen LogP contribution in [0.2, 0.25) is 0 Å². The predicted octanol–water partition coefficient (Wildman–Crippen LogP) is 9.27. The van der Waals surface area contributed by atoms with E-state index in [9.17, 15) is 14.4 Å². The molecule has 2 aromatic carbocycles. The van der Waals surface area contributed by atoms with Gasteiger partial charge in [0.2, 0.25) is 11.8 Å². The van der Waals surface area contributed by atoms with Gasteiger partial charge in [-0.25, -0.2) is 19.2 Å². The van der Waals surface area contributed by atoms with Crippen molar-refractivity contribution in [3.05, 3.63) is 65.2 Å². The van der Waals surface area contributed by atoms with Crippen molar-refractivity contribution in [3.8, 4) is 11.3 Å². The average molecular weight is 932 g/mol. The lowest BCUT2D eigenvalue weighted by atomic mass is 9.72. The van der Waals surface area contributed by atoms with Crippen molar-refractivity contribution in [1.29, 1.82) is 0 Å². The third-order valence-electron chi connectivity index (χ3n) is 15.3. The largest absolute Gasteiger partial charge is 0.444 e. The van der Waals surface area contributed by atoms with Gasteiger partial charge in [0.05, 0.1) is 28.6 Å². The van der Waals surface area contributed by atoms with Crippen LogP contribution in [0.25, 0.3) is 22.3 Å². The molecule has 0 radical (unpaired) electrons. The number of piperidine rings is 3. The molecule has 5 aliphatic rings. The van der Waals surface area contributed by atoms with E-state index in [1.54, 1.807) is 24.2 Å². The number of nitrogens with zero attached hydrogens (tertiary/aromatic N) is 7. The van der Waals surface area contributed by atoms with Crippen LogP contribution < -0.4 is 15.5 Å². The summed E-state index contributed by atoms with van der Waals surface area (Å²) >= 11 is 0. The van der Waals surface area contributed by atoms with Gasteiger partial charge in [0.15, 0.2) is 5.82 Å². The summed E-state index contributed by atoms with van der Waals surface area (Å²) in [5, 5.41) is 6.20. The Kier molecular flexibility index (Phi) is 12.6. The molecule has 4 amide bonds.